The van der Waals surface area contributed by atoms with Crippen LogP contribution in [-0.2, 0) is 14.3 Å². The Labute approximate surface area is 232 Å². The van der Waals surface area contributed by atoms with E-state index in [1.54, 1.807) is 11.3 Å². The molecule has 0 unspecified atom stereocenters. The van der Waals surface area contributed by atoms with Crippen molar-refractivity contribution in [1.29, 1.82) is 0 Å². The number of carbonyl (C=O) groups is 2. The summed E-state index contributed by atoms with van der Waals surface area (Å²) in [6, 6.07) is 9.64. The number of amides is 2. The lowest BCUT2D eigenvalue weighted by atomic mass is 10.0. The molecule has 1 aromatic carbocycles. The van der Waals surface area contributed by atoms with Crippen molar-refractivity contribution < 1.29 is 12.7 Å². The number of nitrogens with zero attached hydrogens (tertiary/aromatic N) is 2. The molecule has 0 saturated carbocycles. The van der Waals surface area contributed by atoms with Gasteiger partial charge in [-0.1, -0.05) is 33.8 Å². The highest BCUT2D eigenvalue weighted by molar-refractivity contribution is 14.1. The van der Waals surface area contributed by atoms with Gasteiger partial charge >= 0.3 is 0 Å². The summed E-state index contributed by atoms with van der Waals surface area (Å²) in [5, 5.41) is 7.96. The zero-order chi connectivity index (χ0) is 26.1. The predicted octanol–water partition coefficient (Wildman–Crippen LogP) is 6.07. The number of fused-ring (bicyclic) bond motifs is 1. The molecule has 0 radical (unpaired) electrons. The summed E-state index contributed by atoms with van der Waals surface area (Å²) in [6.07, 6.45) is 4.08. The minimum Gasteiger partial charge on any atom is -0.354 e. The van der Waals surface area contributed by atoms with Crippen molar-refractivity contribution in [2.24, 2.45) is 5.92 Å². The van der Waals surface area contributed by atoms with Crippen LogP contribution in [-0.4, -0.2) is 40.6 Å². The van der Waals surface area contributed by atoms with Gasteiger partial charge < -0.3 is 18.3 Å². The van der Waals surface area contributed by atoms with E-state index in [0.717, 1.165) is 42.5 Å². The lowest BCUT2D eigenvalue weighted by Crippen LogP contribution is -2.47. The van der Waals surface area contributed by atoms with Crippen LogP contribution in [0.5, 0.6) is 0 Å². The number of nitrogens with one attached hydrogen (secondary N) is 2. The van der Waals surface area contributed by atoms with Gasteiger partial charge in [0.2, 0.25) is 5.91 Å². The molecule has 0 bridgehead atoms. The fourth-order valence-corrected chi connectivity index (χ4v) is 5.46. The summed E-state index contributed by atoms with van der Waals surface area (Å²) in [6.45, 7) is 9.57. The number of carbonyl (C=O) groups excluding carboxylic acids is 2. The number of thiophene rings is 1. The van der Waals surface area contributed by atoms with E-state index in [0.29, 0.717) is 31.2 Å². The van der Waals surface area contributed by atoms with Crippen molar-refractivity contribution in [2.45, 2.75) is 71.9 Å². The van der Waals surface area contributed by atoms with Crippen LogP contribution in [0.1, 0.15) is 80.5 Å². The zero-order valence-electron chi connectivity index (χ0n) is 21.6. The molecule has 0 aliphatic heterocycles. The van der Waals surface area contributed by atoms with Gasteiger partial charge in [-0.2, -0.15) is 0 Å². The first-order valence-corrected chi connectivity index (χ1v) is 14.5. The van der Waals surface area contributed by atoms with Crippen LogP contribution in [0.25, 0.3) is 11.0 Å². The van der Waals surface area contributed by atoms with E-state index in [4.69, 9.17) is 8.05 Å². The number of rotatable bonds is 14. The largest absolute Gasteiger partial charge is 0.354 e. The van der Waals surface area contributed by atoms with Gasteiger partial charge in [-0.3, -0.25) is 9.59 Å². The first kappa shape index (κ1) is 28.6. The molecule has 9 heteroatoms. The molecule has 36 heavy (non-hydrogen) atoms. The average molecular weight is 625 g/mol. The smallest absolute Gasteiger partial charge is 0.252 e. The van der Waals surface area contributed by atoms with Gasteiger partial charge in [0.05, 0.1) is 17.6 Å². The Morgan fingerprint density at radius 1 is 1.19 bits per heavy atom. The van der Waals surface area contributed by atoms with Gasteiger partial charge in [-0.05, 0) is 61.2 Å². The fourth-order valence-electron chi connectivity index (χ4n) is 4.45. The maximum absolute atomic E-state index is 13.2. The lowest BCUT2D eigenvalue weighted by Gasteiger charge is -2.20. The predicted molar refractivity (Wildman–Crippen MR) is 155 cm³/mol. The van der Waals surface area contributed by atoms with Crippen LogP contribution >= 0.6 is 34.3 Å². The molecule has 2 heterocycles. The lowest BCUT2D eigenvalue weighted by molar-refractivity contribution is -0.123. The molecule has 7 nitrogen and oxygen atoms in total. The first-order valence-electron chi connectivity index (χ1n) is 12.7. The summed E-state index contributed by atoms with van der Waals surface area (Å²) >= 11 is 3.57. The van der Waals surface area contributed by atoms with Crippen LogP contribution in [0, 0.1) is 5.92 Å². The van der Waals surface area contributed by atoms with E-state index >= 15 is 0 Å². The minimum atomic E-state index is -0.592. The highest BCUT2D eigenvalue weighted by Crippen LogP contribution is 2.28. The van der Waals surface area contributed by atoms with Crippen molar-refractivity contribution in [2.75, 3.05) is 13.2 Å². The number of imidazole rings is 1. The first-order chi connectivity index (χ1) is 17.4. The Hall–Kier alpha value is -1.98. The second kappa shape index (κ2) is 14.1. The second-order valence-electron chi connectivity index (χ2n) is 9.44. The monoisotopic (exact) mass is 624 g/mol. The SMILES string of the molecule is CCC(CC)n1c(Cc2cccs2)nc2cc(C(=O)N[C@@H](CC(C)C)C(=O)NCCCOI)ccc21. The van der Waals surface area contributed by atoms with Crippen molar-refractivity contribution in [3.63, 3.8) is 0 Å². The van der Waals surface area contributed by atoms with Crippen LogP contribution in [0.4, 0.5) is 0 Å². The Morgan fingerprint density at radius 2 is 1.97 bits per heavy atom. The van der Waals surface area contributed by atoms with Crippen LogP contribution in [0.2, 0.25) is 0 Å². The Morgan fingerprint density at radius 3 is 2.61 bits per heavy atom. The van der Waals surface area contributed by atoms with Gasteiger partial charge in [0.1, 0.15) is 34.9 Å². The summed E-state index contributed by atoms with van der Waals surface area (Å²) in [4.78, 5) is 32.2. The minimum absolute atomic E-state index is 0.164. The van der Waals surface area contributed by atoms with Crippen molar-refractivity contribution in [1.82, 2.24) is 20.2 Å². The van der Waals surface area contributed by atoms with E-state index in [2.05, 4.69) is 46.6 Å². The van der Waals surface area contributed by atoms with Crippen molar-refractivity contribution >= 4 is 57.2 Å². The summed E-state index contributed by atoms with van der Waals surface area (Å²) in [5.41, 5.74) is 2.37. The molecule has 0 fully saturated rings. The molecule has 0 spiro atoms. The van der Waals surface area contributed by atoms with Gasteiger partial charge in [0.25, 0.3) is 5.91 Å². The highest BCUT2D eigenvalue weighted by atomic mass is 127. The molecule has 196 valence electrons. The number of halogens is 1. The van der Waals surface area contributed by atoms with Crippen molar-refractivity contribution in [3.05, 3.63) is 52.0 Å². The summed E-state index contributed by atoms with van der Waals surface area (Å²) in [5.74, 6) is 0.857. The molecule has 0 saturated heterocycles. The third-order valence-corrected chi connectivity index (χ3v) is 7.59. The molecule has 2 aromatic heterocycles. The van der Waals surface area contributed by atoms with E-state index < -0.39 is 6.04 Å². The summed E-state index contributed by atoms with van der Waals surface area (Å²) in [7, 11) is 0. The van der Waals surface area contributed by atoms with Crippen molar-refractivity contribution in [3.8, 4) is 0 Å². The number of hydrogen-bond donors (Lipinski definition) is 2. The third kappa shape index (κ3) is 7.52. The second-order valence-corrected chi connectivity index (χ2v) is 11.1. The Kier molecular flexibility index (Phi) is 11.2. The zero-order valence-corrected chi connectivity index (χ0v) is 24.5. The highest BCUT2D eigenvalue weighted by Gasteiger charge is 2.24. The summed E-state index contributed by atoms with van der Waals surface area (Å²) < 4.78 is 7.35. The molecule has 0 aliphatic rings. The standard InChI is InChI=1S/C27H37IN4O3S/c1-5-20(6-2)32-24-11-10-19(16-22(24)30-25(32)17-21-9-7-14-36-21)26(33)31-23(15-18(3)4)27(34)29-12-8-13-35-28/h7,9-11,14,16,18,20,23H,5-6,8,12-13,15,17H2,1-4H3,(H,29,34)(H,31,33)/t23-/m0/s1. The maximum Gasteiger partial charge on any atom is 0.252 e. The topological polar surface area (TPSA) is 85.2 Å². The normalized spacial score (nSPS) is 12.4. The van der Waals surface area contributed by atoms with Gasteiger partial charge in [0, 0.05) is 29.4 Å². The van der Waals surface area contributed by atoms with E-state index in [9.17, 15) is 9.59 Å². The number of aromatic nitrogens is 2. The molecule has 0 aliphatic carbocycles. The molecule has 3 rings (SSSR count). The fraction of sp³-hybridized carbons (Fsp3) is 0.519. The van der Waals surface area contributed by atoms with Gasteiger partial charge in [-0.15, -0.1) is 11.3 Å². The van der Waals surface area contributed by atoms with E-state index in [1.165, 1.54) is 4.88 Å². The average Bonchev–Trinajstić information content (AvgIpc) is 3.49. The van der Waals surface area contributed by atoms with Crippen LogP contribution < -0.4 is 10.6 Å². The molecule has 2 amide bonds. The van der Waals surface area contributed by atoms with E-state index in [-0.39, 0.29) is 17.7 Å². The molecule has 1 atom stereocenters. The molecular formula is C27H37IN4O3S. The molecule has 3 aromatic rings. The van der Waals surface area contributed by atoms with Gasteiger partial charge in [-0.25, -0.2) is 4.98 Å². The Balaban J connectivity index is 1.84. The molecular weight excluding hydrogens is 587 g/mol. The van der Waals surface area contributed by atoms with E-state index in [1.807, 2.05) is 55.1 Å². The number of hydrogen-bond acceptors (Lipinski definition) is 5. The Bertz CT molecular complexity index is 1130. The quantitative estimate of drug-likeness (QED) is 0.169. The van der Waals surface area contributed by atoms with Crippen LogP contribution in [0.3, 0.4) is 0 Å². The molecule has 2 N–H and O–H groups in total. The maximum atomic E-state index is 13.2. The third-order valence-electron chi connectivity index (χ3n) is 6.27. The van der Waals surface area contributed by atoms with Gasteiger partial charge in [0.15, 0.2) is 0 Å². The van der Waals surface area contributed by atoms with Crippen LogP contribution in [0.15, 0.2) is 35.7 Å². The number of benzene rings is 1.